The molecule has 5 nitrogen and oxygen atoms in total. The Labute approximate surface area is 158 Å². The molecule has 0 aromatic rings. The van der Waals surface area contributed by atoms with Gasteiger partial charge in [-0.3, -0.25) is 4.99 Å². The van der Waals surface area contributed by atoms with Crippen molar-refractivity contribution in [2.24, 2.45) is 10.9 Å². The van der Waals surface area contributed by atoms with Crippen LogP contribution in [0, 0.1) is 5.92 Å². The third kappa shape index (κ3) is 6.99. The predicted molar refractivity (Wildman–Crippen MR) is 108 cm³/mol. The van der Waals surface area contributed by atoms with Gasteiger partial charge in [-0.1, -0.05) is 6.92 Å². The minimum atomic E-state index is 0.259. The molecule has 0 spiro atoms. The van der Waals surface area contributed by atoms with Gasteiger partial charge in [0.25, 0.3) is 0 Å². The molecule has 146 valence electrons. The summed E-state index contributed by atoms with van der Waals surface area (Å²) in [5, 5.41) is 3.48. The van der Waals surface area contributed by atoms with Gasteiger partial charge in [0.1, 0.15) is 0 Å². The minimum absolute atomic E-state index is 0.259. The van der Waals surface area contributed by atoms with Crippen LogP contribution in [-0.4, -0.2) is 74.5 Å². The molecule has 2 fully saturated rings. The van der Waals surface area contributed by atoms with Gasteiger partial charge in [0.05, 0.1) is 6.54 Å². The number of rotatable bonds is 8. The van der Waals surface area contributed by atoms with Crippen LogP contribution in [0.2, 0.25) is 0 Å². The second-order valence-corrected chi connectivity index (χ2v) is 8.90. The van der Waals surface area contributed by atoms with Crippen molar-refractivity contribution in [1.29, 1.82) is 0 Å². The predicted octanol–water partition coefficient (Wildman–Crippen LogP) is 3.00. The summed E-state index contributed by atoms with van der Waals surface area (Å²) in [5.74, 6) is 3.00. The number of aliphatic imine (C=N–C) groups is 1. The molecule has 25 heavy (non-hydrogen) atoms. The zero-order valence-corrected chi connectivity index (χ0v) is 17.2. The van der Waals surface area contributed by atoms with Crippen LogP contribution in [0.5, 0.6) is 0 Å². The number of hydrogen-bond donors (Lipinski definition) is 1. The number of ether oxygens (including phenoxy) is 2. The normalized spacial score (nSPS) is 22.0. The summed E-state index contributed by atoms with van der Waals surface area (Å²) in [6, 6.07) is 0. The van der Waals surface area contributed by atoms with E-state index in [1.165, 1.54) is 19.3 Å². The van der Waals surface area contributed by atoms with E-state index in [2.05, 4.69) is 42.9 Å². The SMILES string of the molecule is CCNC(=NCC1(SCC)CCOCC1)N(C)CCC1CCOCC1. The van der Waals surface area contributed by atoms with Crippen molar-refractivity contribution in [3.05, 3.63) is 0 Å². The number of nitrogens with zero attached hydrogens (tertiary/aromatic N) is 2. The number of nitrogens with one attached hydrogen (secondary N) is 1. The molecule has 2 aliphatic heterocycles. The molecule has 0 atom stereocenters. The lowest BCUT2D eigenvalue weighted by molar-refractivity contribution is 0.0625. The smallest absolute Gasteiger partial charge is 0.193 e. The van der Waals surface area contributed by atoms with Crippen LogP contribution in [0.3, 0.4) is 0 Å². The second kappa shape index (κ2) is 11.3. The Morgan fingerprint density at radius 1 is 1.16 bits per heavy atom. The van der Waals surface area contributed by atoms with Crippen molar-refractivity contribution in [1.82, 2.24) is 10.2 Å². The first-order chi connectivity index (χ1) is 12.2. The maximum Gasteiger partial charge on any atom is 0.193 e. The first kappa shape index (κ1) is 20.8. The van der Waals surface area contributed by atoms with Crippen molar-refractivity contribution in [2.75, 3.05) is 58.9 Å². The maximum atomic E-state index is 5.58. The largest absolute Gasteiger partial charge is 0.381 e. The van der Waals surface area contributed by atoms with Crippen LogP contribution in [0.4, 0.5) is 0 Å². The molecular weight excluding hydrogens is 334 g/mol. The number of guanidine groups is 1. The van der Waals surface area contributed by atoms with Crippen LogP contribution >= 0.6 is 11.8 Å². The summed E-state index contributed by atoms with van der Waals surface area (Å²) in [7, 11) is 2.17. The van der Waals surface area contributed by atoms with Gasteiger partial charge in [0.15, 0.2) is 5.96 Å². The summed E-state index contributed by atoms with van der Waals surface area (Å²) in [6.45, 7) is 10.9. The average molecular weight is 372 g/mol. The molecule has 0 aromatic heterocycles. The van der Waals surface area contributed by atoms with Gasteiger partial charge in [-0.05, 0) is 50.7 Å². The molecule has 0 saturated carbocycles. The second-order valence-electron chi connectivity index (χ2n) is 7.16. The van der Waals surface area contributed by atoms with Gasteiger partial charge in [0.2, 0.25) is 0 Å². The van der Waals surface area contributed by atoms with Gasteiger partial charge < -0.3 is 19.7 Å². The van der Waals surface area contributed by atoms with Crippen molar-refractivity contribution in [3.63, 3.8) is 0 Å². The Bertz CT molecular complexity index is 389. The highest BCUT2D eigenvalue weighted by molar-refractivity contribution is 8.00. The first-order valence-electron chi connectivity index (χ1n) is 9.98. The standard InChI is InChI=1S/C19H37N3O2S/c1-4-20-18(22(3)11-6-17-7-12-23-13-8-17)21-16-19(25-5-2)9-14-24-15-10-19/h17H,4-16H2,1-3H3,(H,20,21). The van der Waals surface area contributed by atoms with Gasteiger partial charge >= 0.3 is 0 Å². The van der Waals surface area contributed by atoms with E-state index in [0.29, 0.717) is 0 Å². The average Bonchev–Trinajstić information content (AvgIpc) is 2.65. The van der Waals surface area contributed by atoms with E-state index >= 15 is 0 Å². The lowest BCUT2D eigenvalue weighted by Gasteiger charge is -2.35. The molecule has 0 bridgehead atoms. The summed E-state index contributed by atoms with van der Waals surface area (Å²) in [4.78, 5) is 7.33. The minimum Gasteiger partial charge on any atom is -0.381 e. The zero-order valence-electron chi connectivity index (χ0n) is 16.4. The molecular formula is C19H37N3O2S. The van der Waals surface area contributed by atoms with E-state index in [0.717, 1.165) is 76.5 Å². The van der Waals surface area contributed by atoms with E-state index in [1.807, 2.05) is 0 Å². The van der Waals surface area contributed by atoms with E-state index in [9.17, 15) is 0 Å². The molecule has 2 saturated heterocycles. The highest BCUT2D eigenvalue weighted by Crippen LogP contribution is 2.35. The molecule has 2 rings (SSSR count). The Kier molecular flexibility index (Phi) is 9.42. The van der Waals surface area contributed by atoms with Gasteiger partial charge in [-0.25, -0.2) is 0 Å². The summed E-state index contributed by atoms with van der Waals surface area (Å²) >= 11 is 2.06. The molecule has 6 heteroatoms. The molecule has 0 aliphatic carbocycles. The lowest BCUT2D eigenvalue weighted by Crippen LogP contribution is -2.42. The number of hydrogen-bond acceptors (Lipinski definition) is 4. The molecule has 0 radical (unpaired) electrons. The quantitative estimate of drug-likeness (QED) is 0.525. The topological polar surface area (TPSA) is 46.1 Å². The van der Waals surface area contributed by atoms with Crippen LogP contribution < -0.4 is 5.32 Å². The number of thioether (sulfide) groups is 1. The van der Waals surface area contributed by atoms with Crippen molar-refractivity contribution < 1.29 is 9.47 Å². The zero-order chi connectivity index (χ0) is 18.0. The van der Waals surface area contributed by atoms with Crippen molar-refractivity contribution in [3.8, 4) is 0 Å². The Balaban J connectivity index is 1.90. The summed E-state index contributed by atoms with van der Waals surface area (Å²) in [5.41, 5.74) is 0. The van der Waals surface area contributed by atoms with E-state index in [1.54, 1.807) is 0 Å². The fourth-order valence-corrected chi connectivity index (χ4v) is 4.83. The molecule has 2 aliphatic rings. The molecule has 1 N–H and O–H groups in total. The molecule has 0 amide bonds. The Morgan fingerprint density at radius 3 is 2.48 bits per heavy atom. The summed E-state index contributed by atoms with van der Waals surface area (Å²) in [6.07, 6.45) is 5.86. The Morgan fingerprint density at radius 2 is 1.84 bits per heavy atom. The highest BCUT2D eigenvalue weighted by Gasteiger charge is 2.32. The van der Waals surface area contributed by atoms with E-state index in [4.69, 9.17) is 14.5 Å². The van der Waals surface area contributed by atoms with Crippen molar-refractivity contribution in [2.45, 2.75) is 50.7 Å². The Hall–Kier alpha value is -0.460. The molecule has 2 heterocycles. The van der Waals surface area contributed by atoms with E-state index < -0.39 is 0 Å². The van der Waals surface area contributed by atoms with E-state index in [-0.39, 0.29) is 4.75 Å². The monoisotopic (exact) mass is 371 g/mol. The molecule has 0 aromatic carbocycles. The fourth-order valence-electron chi connectivity index (χ4n) is 3.60. The van der Waals surface area contributed by atoms with Crippen LogP contribution in [-0.2, 0) is 9.47 Å². The summed E-state index contributed by atoms with van der Waals surface area (Å²) < 4.78 is 11.3. The van der Waals surface area contributed by atoms with Gasteiger partial charge in [-0.2, -0.15) is 11.8 Å². The van der Waals surface area contributed by atoms with Gasteiger partial charge in [0, 0.05) is 51.3 Å². The third-order valence-electron chi connectivity index (χ3n) is 5.28. The highest BCUT2D eigenvalue weighted by atomic mass is 32.2. The maximum absolute atomic E-state index is 5.58. The van der Waals surface area contributed by atoms with Crippen molar-refractivity contribution >= 4 is 17.7 Å². The van der Waals surface area contributed by atoms with Crippen LogP contribution in [0.25, 0.3) is 0 Å². The first-order valence-corrected chi connectivity index (χ1v) is 11.0. The van der Waals surface area contributed by atoms with Crippen LogP contribution in [0.1, 0.15) is 46.0 Å². The molecule has 0 unspecified atom stereocenters. The third-order valence-corrected chi connectivity index (χ3v) is 6.72. The van der Waals surface area contributed by atoms with Gasteiger partial charge in [-0.15, -0.1) is 0 Å². The fraction of sp³-hybridized carbons (Fsp3) is 0.947. The lowest BCUT2D eigenvalue weighted by atomic mass is 9.96. The van der Waals surface area contributed by atoms with Crippen LogP contribution in [0.15, 0.2) is 4.99 Å².